The Morgan fingerprint density at radius 1 is 1.24 bits per heavy atom. The first-order chi connectivity index (χ1) is 13.9. The van der Waals surface area contributed by atoms with Gasteiger partial charge in [-0.2, -0.15) is 10.4 Å². The molecule has 2 aromatic carbocycles. The van der Waals surface area contributed by atoms with E-state index in [2.05, 4.69) is 10.4 Å². The van der Waals surface area contributed by atoms with Gasteiger partial charge in [0.1, 0.15) is 23.2 Å². The second-order valence-corrected chi connectivity index (χ2v) is 6.33. The molecule has 3 rings (SSSR count). The van der Waals surface area contributed by atoms with Gasteiger partial charge in [-0.05, 0) is 56.3 Å². The van der Waals surface area contributed by atoms with E-state index in [1.807, 2.05) is 13.0 Å². The fourth-order valence-electron chi connectivity index (χ4n) is 2.89. The third-order valence-corrected chi connectivity index (χ3v) is 4.40. The van der Waals surface area contributed by atoms with Gasteiger partial charge in [0.2, 0.25) is 0 Å². The minimum Gasteiger partial charge on any atom is -0.497 e. The largest absolute Gasteiger partial charge is 0.497 e. The molecule has 0 saturated carbocycles. The molecule has 0 radical (unpaired) electrons. The van der Waals surface area contributed by atoms with Gasteiger partial charge in [-0.25, -0.2) is 9.07 Å². The zero-order chi connectivity index (χ0) is 21.0. The van der Waals surface area contributed by atoms with Crippen molar-refractivity contribution in [2.45, 2.75) is 13.8 Å². The maximum Gasteiger partial charge on any atom is 0.266 e. The number of nitriles is 1. The first-order valence-corrected chi connectivity index (χ1v) is 8.82. The van der Waals surface area contributed by atoms with E-state index in [4.69, 9.17) is 4.74 Å². The van der Waals surface area contributed by atoms with Crippen LogP contribution in [-0.2, 0) is 4.79 Å². The lowest BCUT2D eigenvalue weighted by Gasteiger charge is -2.07. The quantitative estimate of drug-likeness (QED) is 0.523. The number of methoxy groups -OCH3 is 1. The van der Waals surface area contributed by atoms with E-state index < -0.39 is 5.91 Å². The number of hydrogen-bond acceptors (Lipinski definition) is 4. The van der Waals surface area contributed by atoms with Crippen LogP contribution in [0.2, 0.25) is 0 Å². The minimum atomic E-state index is -0.533. The third-order valence-electron chi connectivity index (χ3n) is 4.40. The first kappa shape index (κ1) is 19.8. The topological polar surface area (TPSA) is 79.9 Å². The Labute approximate surface area is 167 Å². The van der Waals surface area contributed by atoms with Crippen LogP contribution in [0.1, 0.15) is 17.0 Å². The number of aromatic nitrogens is 2. The van der Waals surface area contributed by atoms with Gasteiger partial charge in [0.15, 0.2) is 0 Å². The van der Waals surface area contributed by atoms with Crippen LogP contribution in [0.25, 0.3) is 11.8 Å². The van der Waals surface area contributed by atoms with Crippen molar-refractivity contribution in [1.82, 2.24) is 9.78 Å². The summed E-state index contributed by atoms with van der Waals surface area (Å²) in [5, 5.41) is 16.6. The highest BCUT2D eigenvalue weighted by Gasteiger charge is 2.16. The Morgan fingerprint density at radius 3 is 2.62 bits per heavy atom. The second-order valence-electron chi connectivity index (χ2n) is 6.33. The smallest absolute Gasteiger partial charge is 0.266 e. The van der Waals surface area contributed by atoms with Crippen molar-refractivity contribution in [3.8, 4) is 17.5 Å². The first-order valence-electron chi connectivity index (χ1n) is 8.82. The summed E-state index contributed by atoms with van der Waals surface area (Å²) in [4.78, 5) is 12.6. The van der Waals surface area contributed by atoms with Crippen molar-refractivity contribution in [1.29, 1.82) is 5.26 Å². The van der Waals surface area contributed by atoms with Gasteiger partial charge < -0.3 is 10.1 Å². The summed E-state index contributed by atoms with van der Waals surface area (Å²) in [6, 6.07) is 14.7. The number of nitrogens with one attached hydrogen (secondary N) is 1. The fraction of sp³-hybridized carbons (Fsp3) is 0.136. The lowest BCUT2D eigenvalue weighted by molar-refractivity contribution is -0.112. The van der Waals surface area contributed by atoms with Crippen LogP contribution in [0.4, 0.5) is 10.1 Å². The van der Waals surface area contributed by atoms with Crippen LogP contribution in [0, 0.1) is 31.0 Å². The molecule has 0 aliphatic carbocycles. The summed E-state index contributed by atoms with van der Waals surface area (Å²) in [7, 11) is 1.53. The van der Waals surface area contributed by atoms with Gasteiger partial charge >= 0.3 is 0 Å². The zero-order valence-electron chi connectivity index (χ0n) is 16.2. The third kappa shape index (κ3) is 4.33. The molecule has 29 heavy (non-hydrogen) atoms. The molecule has 1 N–H and O–H groups in total. The highest BCUT2D eigenvalue weighted by atomic mass is 19.1. The normalized spacial score (nSPS) is 11.1. The predicted octanol–water partition coefficient (Wildman–Crippen LogP) is 4.18. The van der Waals surface area contributed by atoms with E-state index in [0.717, 1.165) is 5.69 Å². The molecule has 0 spiro atoms. The molecule has 6 nitrogen and oxygen atoms in total. The molecule has 7 heteroatoms. The van der Waals surface area contributed by atoms with E-state index in [9.17, 15) is 14.4 Å². The number of halogens is 1. The van der Waals surface area contributed by atoms with Crippen molar-refractivity contribution >= 4 is 17.7 Å². The maximum absolute atomic E-state index is 13.2. The Hall–Kier alpha value is -3.92. The Balaban J connectivity index is 1.91. The van der Waals surface area contributed by atoms with Crippen LogP contribution in [0.15, 0.2) is 54.1 Å². The maximum atomic E-state index is 13.2. The average Bonchev–Trinajstić information content (AvgIpc) is 3.00. The number of carbonyl (C=O) groups is 1. The van der Waals surface area contributed by atoms with E-state index in [1.54, 1.807) is 48.0 Å². The lowest BCUT2D eigenvalue weighted by atomic mass is 10.1. The predicted molar refractivity (Wildman–Crippen MR) is 108 cm³/mol. The molecular weight excluding hydrogens is 371 g/mol. The van der Waals surface area contributed by atoms with Crippen LogP contribution in [0.3, 0.4) is 0 Å². The van der Waals surface area contributed by atoms with E-state index in [1.165, 1.54) is 25.3 Å². The number of benzene rings is 2. The molecule has 3 aromatic rings. The molecule has 146 valence electrons. The molecule has 0 unspecified atom stereocenters. The molecule has 0 atom stereocenters. The minimum absolute atomic E-state index is 0.0577. The van der Waals surface area contributed by atoms with Crippen molar-refractivity contribution in [3.05, 3.63) is 76.9 Å². The Bertz CT molecular complexity index is 1120. The van der Waals surface area contributed by atoms with E-state index in [-0.39, 0.29) is 11.4 Å². The van der Waals surface area contributed by atoms with Crippen molar-refractivity contribution in [2.24, 2.45) is 0 Å². The number of anilines is 1. The van der Waals surface area contributed by atoms with Gasteiger partial charge in [0.05, 0.1) is 18.5 Å². The summed E-state index contributed by atoms with van der Waals surface area (Å²) in [6.07, 6.45) is 1.51. The van der Waals surface area contributed by atoms with E-state index in [0.29, 0.717) is 28.4 Å². The highest BCUT2D eigenvalue weighted by Crippen LogP contribution is 2.22. The summed E-state index contributed by atoms with van der Waals surface area (Å²) in [5.41, 5.74) is 3.19. The molecule has 1 aromatic heterocycles. The molecule has 1 heterocycles. The molecular formula is C22H19FN4O2. The summed E-state index contributed by atoms with van der Waals surface area (Å²) in [5.74, 6) is -0.275. The number of rotatable bonds is 5. The number of aryl methyl sites for hydroxylation is 1. The zero-order valence-corrected chi connectivity index (χ0v) is 16.2. The van der Waals surface area contributed by atoms with Gasteiger partial charge in [-0.1, -0.05) is 6.07 Å². The van der Waals surface area contributed by atoms with Gasteiger partial charge in [0.25, 0.3) is 5.91 Å². The van der Waals surface area contributed by atoms with Crippen molar-refractivity contribution in [2.75, 3.05) is 12.4 Å². The number of amides is 1. The summed E-state index contributed by atoms with van der Waals surface area (Å²) < 4.78 is 20.0. The molecule has 0 saturated heterocycles. The van der Waals surface area contributed by atoms with Gasteiger partial charge in [-0.3, -0.25) is 4.79 Å². The summed E-state index contributed by atoms with van der Waals surface area (Å²) in [6.45, 7) is 3.61. The number of ether oxygens (including phenoxy) is 1. The second kappa shape index (κ2) is 8.40. The van der Waals surface area contributed by atoms with Gasteiger partial charge in [0, 0.05) is 23.0 Å². The summed E-state index contributed by atoms with van der Waals surface area (Å²) >= 11 is 0. The lowest BCUT2D eigenvalue weighted by Crippen LogP contribution is -2.13. The SMILES string of the molecule is COc1cccc(NC(=O)/C(C#N)=C/c2c(C)nn(-c3ccc(F)cc3)c2C)c1. The van der Waals surface area contributed by atoms with Crippen LogP contribution in [-0.4, -0.2) is 22.8 Å². The van der Waals surface area contributed by atoms with Crippen LogP contribution < -0.4 is 10.1 Å². The number of nitrogens with zero attached hydrogens (tertiary/aromatic N) is 3. The molecule has 0 bridgehead atoms. The van der Waals surface area contributed by atoms with Crippen molar-refractivity contribution < 1.29 is 13.9 Å². The highest BCUT2D eigenvalue weighted by molar-refractivity contribution is 6.09. The standard InChI is InChI=1S/C22H19FN4O2/c1-14-21(15(2)27(26-14)19-9-7-17(23)8-10-19)11-16(13-24)22(28)25-18-5-4-6-20(12-18)29-3/h4-12H,1-3H3,(H,25,28)/b16-11+. The molecule has 0 aliphatic heterocycles. The molecule has 0 aliphatic rings. The van der Waals surface area contributed by atoms with E-state index >= 15 is 0 Å². The van der Waals surface area contributed by atoms with Crippen LogP contribution >= 0.6 is 0 Å². The average molecular weight is 390 g/mol. The Kier molecular flexibility index (Phi) is 5.74. The van der Waals surface area contributed by atoms with Crippen LogP contribution in [0.5, 0.6) is 5.75 Å². The molecule has 0 fully saturated rings. The molecule has 1 amide bonds. The number of carbonyl (C=O) groups excluding carboxylic acids is 1. The van der Waals surface area contributed by atoms with Gasteiger partial charge in [-0.15, -0.1) is 0 Å². The monoisotopic (exact) mass is 390 g/mol. The Morgan fingerprint density at radius 2 is 1.97 bits per heavy atom. The fourth-order valence-corrected chi connectivity index (χ4v) is 2.89. The number of hydrogen-bond donors (Lipinski definition) is 1. The van der Waals surface area contributed by atoms with Crippen molar-refractivity contribution in [3.63, 3.8) is 0 Å².